The van der Waals surface area contributed by atoms with Gasteiger partial charge in [0.1, 0.15) is 0 Å². The minimum Gasteiger partial charge on any atom is -0.344 e. The van der Waals surface area contributed by atoms with Crippen molar-refractivity contribution in [1.29, 1.82) is 0 Å². The third kappa shape index (κ3) is 4.10. The molecule has 0 aliphatic rings. The molecule has 4 aromatic rings. The number of hydrogen-bond donors (Lipinski definition) is 1. The van der Waals surface area contributed by atoms with E-state index >= 15 is 0 Å². The number of nitrogens with one attached hydrogen (secondary N) is 1. The first-order valence-electron chi connectivity index (χ1n) is 8.59. The highest BCUT2D eigenvalue weighted by Crippen LogP contribution is 2.18. The van der Waals surface area contributed by atoms with Crippen molar-refractivity contribution in [2.45, 2.75) is 13.1 Å². The fraction of sp³-hybridized carbons (Fsp3) is 0.100. The van der Waals surface area contributed by atoms with Crippen molar-refractivity contribution in [2.75, 3.05) is 0 Å². The molecule has 0 unspecified atom stereocenters. The summed E-state index contributed by atoms with van der Waals surface area (Å²) in [6.45, 7) is 1.00. The van der Waals surface area contributed by atoms with Gasteiger partial charge in [-0.15, -0.1) is 0 Å². The van der Waals surface area contributed by atoms with Crippen molar-refractivity contribution >= 4 is 17.5 Å². The summed E-state index contributed by atoms with van der Waals surface area (Å²) >= 11 is 6.09. The highest BCUT2D eigenvalue weighted by Gasteiger charge is 2.16. The van der Waals surface area contributed by atoms with Crippen molar-refractivity contribution in [2.24, 2.45) is 0 Å². The van der Waals surface area contributed by atoms with Crippen LogP contribution in [-0.2, 0) is 13.1 Å². The molecule has 2 heterocycles. The summed E-state index contributed by atoms with van der Waals surface area (Å²) in [5.74, 6) is -0.183. The van der Waals surface area contributed by atoms with E-state index in [0.717, 1.165) is 23.2 Å². The fourth-order valence-corrected chi connectivity index (χ4v) is 2.88. The molecule has 28 heavy (non-hydrogen) atoms. The van der Waals surface area contributed by atoms with E-state index in [1.54, 1.807) is 18.6 Å². The minimum atomic E-state index is -0.449. The van der Waals surface area contributed by atoms with Gasteiger partial charge >= 0.3 is 11.8 Å². The molecule has 0 radical (unpaired) electrons. The summed E-state index contributed by atoms with van der Waals surface area (Å²) in [4.78, 5) is 20.5. The molecule has 0 atom stereocenters. The molecule has 0 saturated carbocycles. The van der Waals surface area contributed by atoms with E-state index < -0.39 is 5.91 Å². The van der Waals surface area contributed by atoms with E-state index in [-0.39, 0.29) is 12.4 Å². The molecule has 0 saturated heterocycles. The molecule has 0 aliphatic heterocycles. The predicted molar refractivity (Wildman–Crippen MR) is 104 cm³/mol. The quantitative estimate of drug-likeness (QED) is 0.541. The zero-order chi connectivity index (χ0) is 19.3. The molecular weight excluding hydrogens is 378 g/mol. The van der Waals surface area contributed by atoms with Crippen LogP contribution < -0.4 is 5.32 Å². The van der Waals surface area contributed by atoms with Gasteiger partial charge in [-0.05, 0) is 17.2 Å². The Morgan fingerprint density at radius 2 is 1.96 bits per heavy atom. The molecule has 140 valence electrons. The van der Waals surface area contributed by atoms with E-state index in [4.69, 9.17) is 16.1 Å². The molecule has 8 heteroatoms. The van der Waals surface area contributed by atoms with E-state index in [1.165, 1.54) is 0 Å². The lowest BCUT2D eigenvalue weighted by atomic mass is 10.1. The van der Waals surface area contributed by atoms with Gasteiger partial charge in [-0.25, -0.2) is 4.98 Å². The van der Waals surface area contributed by atoms with Crippen molar-refractivity contribution in [3.05, 3.63) is 89.3 Å². The molecule has 4 rings (SSSR count). The summed E-state index contributed by atoms with van der Waals surface area (Å²) < 4.78 is 7.07. The zero-order valence-corrected chi connectivity index (χ0v) is 15.5. The topological polar surface area (TPSA) is 85.8 Å². The average molecular weight is 394 g/mol. The van der Waals surface area contributed by atoms with Crippen LogP contribution in [0, 0.1) is 0 Å². The number of aromatic nitrogens is 4. The summed E-state index contributed by atoms with van der Waals surface area (Å²) in [7, 11) is 0. The van der Waals surface area contributed by atoms with E-state index in [0.29, 0.717) is 10.8 Å². The SMILES string of the molecule is O=C(NCc1ccccc1Cl)c1nc(-c2ccc(Cn3ccnc3)cc2)no1. The van der Waals surface area contributed by atoms with E-state index in [9.17, 15) is 4.79 Å². The Morgan fingerprint density at radius 1 is 1.14 bits per heavy atom. The van der Waals surface area contributed by atoms with Gasteiger partial charge in [0.05, 0.1) is 6.33 Å². The summed E-state index contributed by atoms with van der Waals surface area (Å²) in [5.41, 5.74) is 2.69. The lowest BCUT2D eigenvalue weighted by molar-refractivity contribution is 0.0907. The normalized spacial score (nSPS) is 10.8. The number of halogens is 1. The molecule has 0 bridgehead atoms. The number of imidazole rings is 1. The molecule has 7 nitrogen and oxygen atoms in total. The predicted octanol–water partition coefficient (Wildman–Crippen LogP) is 3.56. The summed E-state index contributed by atoms with van der Waals surface area (Å²) in [6, 6.07) is 15.0. The minimum absolute atomic E-state index is 0.0930. The lowest BCUT2D eigenvalue weighted by Gasteiger charge is -2.04. The van der Waals surface area contributed by atoms with Crippen molar-refractivity contribution < 1.29 is 9.32 Å². The Kier molecular flexibility index (Phi) is 5.16. The maximum absolute atomic E-state index is 12.2. The molecule has 1 N–H and O–H groups in total. The van der Waals surface area contributed by atoms with Crippen LogP contribution in [0.5, 0.6) is 0 Å². The highest BCUT2D eigenvalue weighted by molar-refractivity contribution is 6.31. The van der Waals surface area contributed by atoms with Crippen molar-refractivity contribution in [3.63, 3.8) is 0 Å². The number of hydrogen-bond acceptors (Lipinski definition) is 5. The van der Waals surface area contributed by atoms with Crippen molar-refractivity contribution in [3.8, 4) is 11.4 Å². The van der Waals surface area contributed by atoms with Crippen LogP contribution in [0.1, 0.15) is 21.8 Å². The van der Waals surface area contributed by atoms with Crippen LogP contribution in [-0.4, -0.2) is 25.6 Å². The van der Waals surface area contributed by atoms with Gasteiger partial charge in [0.25, 0.3) is 0 Å². The third-order valence-corrected chi connectivity index (χ3v) is 4.52. The van der Waals surface area contributed by atoms with Gasteiger partial charge in [-0.2, -0.15) is 4.98 Å². The van der Waals surface area contributed by atoms with E-state index in [1.807, 2.05) is 53.2 Å². The van der Waals surface area contributed by atoms with Crippen LogP contribution in [0.15, 0.2) is 71.8 Å². The lowest BCUT2D eigenvalue weighted by Crippen LogP contribution is -2.23. The molecule has 0 aliphatic carbocycles. The molecule has 0 fully saturated rings. The van der Waals surface area contributed by atoms with Gasteiger partial charge in [0.2, 0.25) is 5.82 Å². The van der Waals surface area contributed by atoms with E-state index in [2.05, 4.69) is 20.4 Å². The Hall–Kier alpha value is -3.45. The summed E-state index contributed by atoms with van der Waals surface area (Å²) in [5, 5.41) is 7.21. The van der Waals surface area contributed by atoms with Gasteiger partial charge in [0.15, 0.2) is 0 Å². The first kappa shape index (κ1) is 17.9. The molecule has 0 spiro atoms. The first-order chi connectivity index (χ1) is 13.7. The molecule has 2 aromatic carbocycles. The van der Waals surface area contributed by atoms with Gasteiger partial charge in [0, 0.05) is 36.1 Å². The van der Waals surface area contributed by atoms with Crippen LogP contribution >= 0.6 is 11.6 Å². The number of nitrogens with zero attached hydrogens (tertiary/aromatic N) is 4. The maximum atomic E-state index is 12.2. The second kappa shape index (κ2) is 8.06. The Labute approximate surface area is 166 Å². The smallest absolute Gasteiger partial charge is 0.316 e. The third-order valence-electron chi connectivity index (χ3n) is 4.15. The Bertz CT molecular complexity index is 1070. The molecular formula is C20H16ClN5O2. The van der Waals surface area contributed by atoms with Gasteiger partial charge in [-0.3, -0.25) is 4.79 Å². The summed E-state index contributed by atoms with van der Waals surface area (Å²) in [6.07, 6.45) is 5.41. The first-order valence-corrected chi connectivity index (χ1v) is 8.97. The second-order valence-electron chi connectivity index (χ2n) is 6.13. The Morgan fingerprint density at radius 3 is 2.71 bits per heavy atom. The van der Waals surface area contributed by atoms with Gasteiger partial charge in [-0.1, -0.05) is 59.2 Å². The number of benzene rings is 2. The largest absolute Gasteiger partial charge is 0.344 e. The standard InChI is InChI=1S/C20H16ClN5O2/c21-17-4-2-1-3-16(17)11-23-19(27)20-24-18(25-28-20)15-7-5-14(6-8-15)12-26-10-9-22-13-26/h1-10,13H,11-12H2,(H,23,27). The molecule has 2 aromatic heterocycles. The number of rotatable bonds is 6. The fourth-order valence-electron chi connectivity index (χ4n) is 2.68. The van der Waals surface area contributed by atoms with Crippen LogP contribution in [0.3, 0.4) is 0 Å². The number of carbonyl (C=O) groups is 1. The van der Waals surface area contributed by atoms with Crippen LogP contribution in [0.4, 0.5) is 0 Å². The zero-order valence-electron chi connectivity index (χ0n) is 14.7. The Balaban J connectivity index is 1.40. The number of amides is 1. The van der Waals surface area contributed by atoms with Crippen LogP contribution in [0.25, 0.3) is 11.4 Å². The highest BCUT2D eigenvalue weighted by atomic mass is 35.5. The number of carbonyl (C=O) groups excluding carboxylic acids is 1. The second-order valence-corrected chi connectivity index (χ2v) is 6.54. The molecule has 1 amide bonds. The van der Waals surface area contributed by atoms with Gasteiger partial charge < -0.3 is 14.4 Å². The monoisotopic (exact) mass is 393 g/mol. The van der Waals surface area contributed by atoms with Crippen LogP contribution in [0.2, 0.25) is 5.02 Å². The van der Waals surface area contributed by atoms with Crippen molar-refractivity contribution in [1.82, 2.24) is 25.0 Å². The average Bonchev–Trinajstić information content (AvgIpc) is 3.40. The maximum Gasteiger partial charge on any atom is 0.316 e.